The first-order valence-electron chi connectivity index (χ1n) is 9.03. The van der Waals surface area contributed by atoms with Crippen molar-refractivity contribution in [1.29, 1.82) is 0 Å². The minimum Gasteiger partial charge on any atom is -0.325 e. The zero-order chi connectivity index (χ0) is 20.8. The summed E-state index contributed by atoms with van der Waals surface area (Å²) in [5, 5.41) is 11.5. The third-order valence-corrected chi connectivity index (χ3v) is 5.21. The van der Waals surface area contributed by atoms with E-state index in [4.69, 9.17) is 0 Å². The molecule has 1 atom stereocenters. The Kier molecular flexibility index (Phi) is 6.56. The quantitative estimate of drug-likeness (QED) is 0.347. The summed E-state index contributed by atoms with van der Waals surface area (Å²) < 4.78 is 1.88. The number of hydrogen-bond donors (Lipinski definition) is 1. The molecule has 0 aliphatic heterocycles. The number of nitrogens with zero attached hydrogens (tertiary/aromatic N) is 4. The predicted molar refractivity (Wildman–Crippen MR) is 114 cm³/mol. The van der Waals surface area contributed by atoms with Gasteiger partial charge in [-0.25, -0.2) is 0 Å². The molecule has 1 aromatic carbocycles. The molecule has 2 aromatic heterocycles. The summed E-state index contributed by atoms with van der Waals surface area (Å²) in [4.78, 5) is 28.3. The first kappa shape index (κ1) is 20.5. The van der Waals surface area contributed by atoms with Crippen molar-refractivity contribution in [1.82, 2.24) is 19.7 Å². The van der Waals surface area contributed by atoms with Gasteiger partial charge in [0.1, 0.15) is 5.69 Å². The van der Waals surface area contributed by atoms with Crippen molar-refractivity contribution in [3.63, 3.8) is 0 Å². The number of nitrogens with one attached hydrogen (secondary N) is 1. The third kappa shape index (κ3) is 4.97. The van der Waals surface area contributed by atoms with Gasteiger partial charge in [-0.05, 0) is 50.2 Å². The Hall–Kier alpha value is -3.26. The SMILES string of the molecule is C=CCn1c(SC(C)C(=O)Nc2ccc(C(C)=O)cc2)nnc1-c1ccccn1. The Morgan fingerprint density at radius 2 is 1.97 bits per heavy atom. The van der Waals surface area contributed by atoms with Gasteiger partial charge in [-0.3, -0.25) is 19.1 Å². The van der Waals surface area contributed by atoms with Crippen molar-refractivity contribution in [3.05, 3.63) is 66.9 Å². The summed E-state index contributed by atoms with van der Waals surface area (Å²) in [7, 11) is 0. The van der Waals surface area contributed by atoms with Crippen LogP contribution in [0, 0.1) is 0 Å². The molecule has 8 heteroatoms. The molecule has 1 N–H and O–H groups in total. The average molecular weight is 407 g/mol. The van der Waals surface area contributed by atoms with Crippen LogP contribution < -0.4 is 5.32 Å². The number of anilines is 1. The molecule has 1 unspecified atom stereocenters. The number of rotatable bonds is 8. The minimum absolute atomic E-state index is 0.0166. The summed E-state index contributed by atoms with van der Waals surface area (Å²) in [6, 6.07) is 12.4. The van der Waals surface area contributed by atoms with Gasteiger partial charge in [-0.15, -0.1) is 16.8 Å². The van der Waals surface area contributed by atoms with Gasteiger partial charge in [0, 0.05) is 24.0 Å². The Balaban J connectivity index is 1.73. The number of allylic oxidation sites excluding steroid dienone is 1. The van der Waals surface area contributed by atoms with Gasteiger partial charge in [-0.2, -0.15) is 0 Å². The zero-order valence-corrected chi connectivity index (χ0v) is 17.0. The van der Waals surface area contributed by atoms with Crippen molar-refractivity contribution >= 4 is 29.1 Å². The number of aromatic nitrogens is 4. The van der Waals surface area contributed by atoms with Gasteiger partial charge in [-0.1, -0.05) is 23.9 Å². The first-order valence-corrected chi connectivity index (χ1v) is 9.91. The maximum Gasteiger partial charge on any atom is 0.237 e. The lowest BCUT2D eigenvalue weighted by molar-refractivity contribution is -0.115. The van der Waals surface area contributed by atoms with Crippen LogP contribution in [-0.2, 0) is 11.3 Å². The highest BCUT2D eigenvalue weighted by Gasteiger charge is 2.21. The van der Waals surface area contributed by atoms with Gasteiger partial charge >= 0.3 is 0 Å². The molecule has 3 aromatic rings. The number of carbonyl (C=O) groups excluding carboxylic acids is 2. The fourth-order valence-corrected chi connectivity index (χ4v) is 3.46. The second kappa shape index (κ2) is 9.29. The van der Waals surface area contributed by atoms with Gasteiger partial charge in [0.05, 0.1) is 5.25 Å². The van der Waals surface area contributed by atoms with Gasteiger partial charge in [0.25, 0.3) is 0 Å². The van der Waals surface area contributed by atoms with Crippen LogP contribution in [0.25, 0.3) is 11.5 Å². The Morgan fingerprint density at radius 1 is 1.21 bits per heavy atom. The fourth-order valence-electron chi connectivity index (χ4n) is 2.60. The summed E-state index contributed by atoms with van der Waals surface area (Å²) in [6.07, 6.45) is 3.45. The predicted octanol–water partition coefficient (Wildman–Crippen LogP) is 3.85. The number of hydrogen-bond acceptors (Lipinski definition) is 6. The van der Waals surface area contributed by atoms with E-state index in [1.165, 1.54) is 18.7 Å². The number of Topliss-reactive ketones (excluding diaryl/α,β-unsaturated/α-hetero) is 1. The van der Waals surface area contributed by atoms with Crippen molar-refractivity contribution in [2.75, 3.05) is 5.32 Å². The van der Waals surface area contributed by atoms with E-state index in [1.807, 2.05) is 22.8 Å². The van der Waals surface area contributed by atoms with Crippen LogP contribution in [0.5, 0.6) is 0 Å². The van der Waals surface area contributed by atoms with E-state index in [0.29, 0.717) is 34.5 Å². The number of benzene rings is 1. The second-order valence-corrected chi connectivity index (χ2v) is 7.61. The minimum atomic E-state index is -0.410. The smallest absolute Gasteiger partial charge is 0.237 e. The topological polar surface area (TPSA) is 89.8 Å². The van der Waals surface area contributed by atoms with Crippen molar-refractivity contribution in [3.8, 4) is 11.5 Å². The maximum absolute atomic E-state index is 12.6. The highest BCUT2D eigenvalue weighted by atomic mass is 32.2. The molecular weight excluding hydrogens is 386 g/mol. The number of thioether (sulfide) groups is 1. The molecule has 0 bridgehead atoms. The Morgan fingerprint density at radius 3 is 2.59 bits per heavy atom. The van der Waals surface area contributed by atoms with E-state index in [1.54, 1.807) is 43.5 Å². The number of carbonyl (C=O) groups is 2. The number of ketones is 1. The Bertz CT molecular complexity index is 1020. The van der Waals surface area contributed by atoms with Crippen LogP contribution >= 0.6 is 11.8 Å². The lowest BCUT2D eigenvalue weighted by atomic mass is 10.1. The molecule has 29 heavy (non-hydrogen) atoms. The Labute approximate surface area is 173 Å². The van der Waals surface area contributed by atoms with Gasteiger partial charge in [0.15, 0.2) is 16.8 Å². The number of amides is 1. The lowest BCUT2D eigenvalue weighted by Gasteiger charge is -2.13. The molecule has 0 aliphatic rings. The standard InChI is InChI=1S/C21H21N5O2S/c1-4-13-26-19(18-7-5-6-12-22-18)24-25-21(26)29-15(3)20(28)23-17-10-8-16(9-11-17)14(2)27/h4-12,15H,1,13H2,2-3H3,(H,23,28). The lowest BCUT2D eigenvalue weighted by Crippen LogP contribution is -2.23. The maximum atomic E-state index is 12.6. The molecule has 0 radical (unpaired) electrons. The molecule has 1 amide bonds. The summed E-state index contributed by atoms with van der Waals surface area (Å²) in [6.45, 7) is 7.60. The van der Waals surface area contributed by atoms with Crippen molar-refractivity contribution < 1.29 is 9.59 Å². The van der Waals surface area contributed by atoms with E-state index in [2.05, 4.69) is 27.1 Å². The molecule has 0 fully saturated rings. The zero-order valence-electron chi connectivity index (χ0n) is 16.2. The molecule has 7 nitrogen and oxygen atoms in total. The third-order valence-electron chi connectivity index (χ3n) is 4.13. The van der Waals surface area contributed by atoms with Crippen LogP contribution in [0.2, 0.25) is 0 Å². The summed E-state index contributed by atoms with van der Waals surface area (Å²) >= 11 is 1.31. The molecule has 2 heterocycles. The van der Waals surface area contributed by atoms with E-state index in [9.17, 15) is 9.59 Å². The molecule has 3 rings (SSSR count). The molecule has 0 spiro atoms. The van der Waals surface area contributed by atoms with Crippen LogP contribution in [0.4, 0.5) is 5.69 Å². The highest BCUT2D eigenvalue weighted by Crippen LogP contribution is 2.26. The van der Waals surface area contributed by atoms with Crippen LogP contribution in [0.1, 0.15) is 24.2 Å². The van der Waals surface area contributed by atoms with E-state index >= 15 is 0 Å². The normalized spacial score (nSPS) is 11.7. The molecule has 148 valence electrons. The van der Waals surface area contributed by atoms with Crippen LogP contribution in [0.3, 0.4) is 0 Å². The van der Waals surface area contributed by atoms with Crippen molar-refractivity contribution in [2.45, 2.75) is 30.8 Å². The summed E-state index contributed by atoms with van der Waals surface area (Å²) in [5.74, 6) is 0.440. The van der Waals surface area contributed by atoms with Gasteiger partial charge in [0.2, 0.25) is 5.91 Å². The van der Waals surface area contributed by atoms with Crippen LogP contribution in [-0.4, -0.2) is 36.7 Å². The molecule has 0 saturated heterocycles. The summed E-state index contributed by atoms with van der Waals surface area (Å²) in [5.41, 5.74) is 1.94. The van der Waals surface area contributed by atoms with E-state index in [0.717, 1.165) is 0 Å². The molecule has 0 aliphatic carbocycles. The first-order chi connectivity index (χ1) is 14.0. The van der Waals surface area contributed by atoms with Gasteiger partial charge < -0.3 is 5.32 Å². The average Bonchev–Trinajstić information content (AvgIpc) is 3.11. The molecule has 0 saturated carbocycles. The van der Waals surface area contributed by atoms with E-state index < -0.39 is 5.25 Å². The van der Waals surface area contributed by atoms with Crippen LogP contribution in [0.15, 0.2) is 66.5 Å². The van der Waals surface area contributed by atoms with E-state index in [-0.39, 0.29) is 11.7 Å². The highest BCUT2D eigenvalue weighted by molar-refractivity contribution is 8.00. The second-order valence-electron chi connectivity index (χ2n) is 6.30. The number of pyridine rings is 1. The fraction of sp³-hybridized carbons (Fsp3) is 0.190. The van der Waals surface area contributed by atoms with Crippen molar-refractivity contribution in [2.24, 2.45) is 0 Å². The molecular formula is C21H21N5O2S. The monoisotopic (exact) mass is 407 g/mol. The largest absolute Gasteiger partial charge is 0.325 e.